The number of likely N-dealkylation sites (tertiary alicyclic amines) is 1. The first kappa shape index (κ1) is 14.8. The van der Waals surface area contributed by atoms with Crippen molar-refractivity contribution in [2.24, 2.45) is 5.92 Å². The van der Waals surface area contributed by atoms with Gasteiger partial charge >= 0.3 is 12.0 Å². The van der Waals surface area contributed by atoms with Crippen LogP contribution in [0, 0.1) is 5.92 Å². The zero-order valence-electron chi connectivity index (χ0n) is 11.6. The van der Waals surface area contributed by atoms with Crippen LogP contribution in [0.15, 0.2) is 11.6 Å². The monoisotopic (exact) mass is 297 g/mol. The van der Waals surface area contributed by atoms with Gasteiger partial charge < -0.3 is 15.3 Å². The quantitative estimate of drug-likeness (QED) is 0.887. The third-order valence-corrected chi connectivity index (χ3v) is 4.65. The van der Waals surface area contributed by atoms with Crippen LogP contribution in [0.5, 0.6) is 0 Å². The van der Waals surface area contributed by atoms with Gasteiger partial charge in [-0.2, -0.15) is 0 Å². The van der Waals surface area contributed by atoms with Crippen LogP contribution in [0.2, 0.25) is 0 Å². The molecule has 0 saturated carbocycles. The number of carboxylic acid groups (broad SMARTS) is 1. The third kappa shape index (κ3) is 3.09. The van der Waals surface area contributed by atoms with Crippen molar-refractivity contribution in [3.63, 3.8) is 0 Å². The zero-order chi connectivity index (χ0) is 14.7. The van der Waals surface area contributed by atoms with Gasteiger partial charge in [-0.25, -0.2) is 14.6 Å². The Bertz CT molecular complexity index is 477. The van der Waals surface area contributed by atoms with Crippen LogP contribution in [0.4, 0.5) is 4.79 Å². The molecular weight excluding hydrogens is 278 g/mol. The van der Waals surface area contributed by atoms with Gasteiger partial charge in [0, 0.05) is 30.6 Å². The molecule has 0 radical (unpaired) electrons. The van der Waals surface area contributed by atoms with Gasteiger partial charge in [0.1, 0.15) is 6.04 Å². The highest BCUT2D eigenvalue weighted by atomic mass is 32.1. The van der Waals surface area contributed by atoms with E-state index < -0.39 is 12.0 Å². The van der Waals surface area contributed by atoms with Crippen molar-refractivity contribution in [3.8, 4) is 0 Å². The minimum absolute atomic E-state index is 0.00497. The molecule has 0 aliphatic carbocycles. The van der Waals surface area contributed by atoms with Crippen molar-refractivity contribution in [1.82, 2.24) is 15.2 Å². The molecule has 2 N–H and O–H groups in total. The highest BCUT2D eigenvalue weighted by Gasteiger charge is 2.39. The Kier molecular flexibility index (Phi) is 4.59. The number of carboxylic acids is 1. The number of carbonyl (C=O) groups is 2. The summed E-state index contributed by atoms with van der Waals surface area (Å²) in [4.78, 5) is 29.0. The van der Waals surface area contributed by atoms with Gasteiger partial charge in [0.25, 0.3) is 0 Å². The van der Waals surface area contributed by atoms with Crippen molar-refractivity contribution in [1.29, 1.82) is 0 Å². The number of carbonyl (C=O) groups excluding carboxylic acids is 1. The van der Waals surface area contributed by atoms with E-state index in [4.69, 9.17) is 0 Å². The minimum atomic E-state index is -0.932. The average molecular weight is 297 g/mol. The molecule has 3 atom stereocenters. The molecule has 2 heterocycles. The largest absolute Gasteiger partial charge is 0.480 e. The smallest absolute Gasteiger partial charge is 0.326 e. The number of hydrogen-bond acceptors (Lipinski definition) is 4. The van der Waals surface area contributed by atoms with Crippen molar-refractivity contribution >= 4 is 23.3 Å². The normalized spacial score (nSPS) is 23.6. The summed E-state index contributed by atoms with van der Waals surface area (Å²) >= 11 is 1.55. The summed E-state index contributed by atoms with van der Waals surface area (Å²) in [5.74, 6) is -0.810. The number of thiazole rings is 1. The fourth-order valence-electron chi connectivity index (χ4n) is 2.46. The summed E-state index contributed by atoms with van der Waals surface area (Å²) in [6.07, 6.45) is 2.47. The molecule has 0 spiro atoms. The number of rotatable bonds is 4. The molecule has 6 nitrogen and oxygen atoms in total. The van der Waals surface area contributed by atoms with Crippen molar-refractivity contribution in [3.05, 3.63) is 16.6 Å². The second-order valence-electron chi connectivity index (χ2n) is 5.20. The first-order chi connectivity index (χ1) is 9.50. The highest BCUT2D eigenvalue weighted by Crippen LogP contribution is 2.24. The van der Waals surface area contributed by atoms with Crippen LogP contribution in [-0.4, -0.2) is 46.1 Å². The predicted octanol–water partition coefficient (Wildman–Crippen LogP) is 1.75. The summed E-state index contributed by atoms with van der Waals surface area (Å²) < 4.78 is 0. The Labute approximate surface area is 121 Å². The summed E-state index contributed by atoms with van der Waals surface area (Å²) in [7, 11) is 0. The molecule has 0 bridgehead atoms. The van der Waals surface area contributed by atoms with E-state index in [1.807, 2.05) is 19.2 Å². The number of urea groups is 1. The summed E-state index contributed by atoms with van der Waals surface area (Å²) in [5, 5.41) is 14.9. The van der Waals surface area contributed by atoms with E-state index >= 15 is 0 Å². The molecule has 7 heteroatoms. The molecule has 2 amide bonds. The lowest BCUT2D eigenvalue weighted by Crippen LogP contribution is -2.48. The van der Waals surface area contributed by atoms with E-state index in [-0.39, 0.29) is 17.9 Å². The van der Waals surface area contributed by atoms with Crippen LogP contribution in [-0.2, 0) is 4.79 Å². The topological polar surface area (TPSA) is 82.5 Å². The van der Waals surface area contributed by atoms with E-state index in [0.717, 1.165) is 11.4 Å². The summed E-state index contributed by atoms with van der Waals surface area (Å²) in [6, 6.07) is -1.02. The third-order valence-electron chi connectivity index (χ3n) is 3.65. The lowest BCUT2D eigenvalue weighted by molar-refractivity contribution is -0.142. The molecular formula is C13H19N3O3S. The number of nitrogens with one attached hydrogen (secondary N) is 1. The van der Waals surface area contributed by atoms with E-state index in [1.54, 1.807) is 17.5 Å². The molecule has 3 unspecified atom stereocenters. The van der Waals surface area contributed by atoms with Crippen LogP contribution in [0.25, 0.3) is 0 Å². The molecule has 0 aromatic carbocycles. The number of hydrogen-bond donors (Lipinski definition) is 2. The second kappa shape index (κ2) is 6.21. The van der Waals surface area contributed by atoms with Crippen LogP contribution < -0.4 is 5.32 Å². The van der Waals surface area contributed by atoms with Crippen LogP contribution in [0.3, 0.4) is 0 Å². The number of aliphatic carboxylic acids is 1. The fourth-order valence-corrected chi connectivity index (χ4v) is 3.16. The summed E-state index contributed by atoms with van der Waals surface area (Å²) in [5.41, 5.74) is 0. The van der Waals surface area contributed by atoms with Gasteiger partial charge in [-0.3, -0.25) is 0 Å². The lowest BCUT2D eigenvalue weighted by atomic mass is 10.0. The van der Waals surface area contributed by atoms with Gasteiger partial charge in [0.05, 0.1) is 5.01 Å². The average Bonchev–Trinajstić information content (AvgIpc) is 3.04. The Balaban J connectivity index is 1.90. The van der Waals surface area contributed by atoms with Gasteiger partial charge in [0.15, 0.2) is 0 Å². The van der Waals surface area contributed by atoms with Gasteiger partial charge in [0.2, 0.25) is 0 Å². The molecule has 1 saturated heterocycles. The zero-order valence-corrected chi connectivity index (χ0v) is 12.4. The van der Waals surface area contributed by atoms with E-state index in [9.17, 15) is 14.7 Å². The maximum Gasteiger partial charge on any atom is 0.326 e. The maximum absolute atomic E-state index is 12.1. The molecule has 1 aromatic heterocycles. The standard InChI is InChI=1S/C13H19N3O3S/c1-8-3-5-16(10(8)12(17)18)13(19)15-7-9(2)11-14-4-6-20-11/h4,6,8-10H,3,5,7H2,1-2H3,(H,15,19)(H,17,18). The lowest BCUT2D eigenvalue weighted by Gasteiger charge is -2.24. The first-order valence-electron chi connectivity index (χ1n) is 6.67. The molecule has 1 aliphatic rings. The molecule has 110 valence electrons. The van der Waals surface area contributed by atoms with Crippen molar-refractivity contribution in [2.75, 3.05) is 13.1 Å². The van der Waals surface area contributed by atoms with Crippen molar-refractivity contribution in [2.45, 2.75) is 32.2 Å². The molecule has 1 aliphatic heterocycles. The SMILES string of the molecule is CC(CNC(=O)N1CCC(C)C1C(=O)O)c1nccs1. The molecule has 1 aromatic rings. The number of amides is 2. The maximum atomic E-state index is 12.1. The Morgan fingerprint density at radius 2 is 2.40 bits per heavy atom. The molecule has 1 fully saturated rings. The molecule has 20 heavy (non-hydrogen) atoms. The van der Waals surface area contributed by atoms with Crippen molar-refractivity contribution < 1.29 is 14.7 Å². The van der Waals surface area contributed by atoms with E-state index in [1.165, 1.54) is 4.90 Å². The first-order valence-corrected chi connectivity index (χ1v) is 7.55. The number of nitrogens with zero attached hydrogens (tertiary/aromatic N) is 2. The fraction of sp³-hybridized carbons (Fsp3) is 0.615. The van der Waals surface area contributed by atoms with E-state index in [2.05, 4.69) is 10.3 Å². The highest BCUT2D eigenvalue weighted by molar-refractivity contribution is 7.09. The second-order valence-corrected chi connectivity index (χ2v) is 6.13. The van der Waals surface area contributed by atoms with Gasteiger partial charge in [-0.1, -0.05) is 13.8 Å². The van der Waals surface area contributed by atoms with Crippen LogP contribution >= 0.6 is 11.3 Å². The van der Waals surface area contributed by atoms with Crippen LogP contribution in [0.1, 0.15) is 31.2 Å². The summed E-state index contributed by atoms with van der Waals surface area (Å²) in [6.45, 7) is 4.81. The Morgan fingerprint density at radius 3 is 3.00 bits per heavy atom. The molecule has 2 rings (SSSR count). The number of aromatic nitrogens is 1. The minimum Gasteiger partial charge on any atom is -0.480 e. The Hall–Kier alpha value is -1.63. The van der Waals surface area contributed by atoms with Gasteiger partial charge in [-0.05, 0) is 12.3 Å². The predicted molar refractivity (Wildman–Crippen MR) is 75.8 cm³/mol. The van der Waals surface area contributed by atoms with E-state index in [0.29, 0.717) is 13.1 Å². The van der Waals surface area contributed by atoms with Gasteiger partial charge in [-0.15, -0.1) is 11.3 Å². The Morgan fingerprint density at radius 1 is 1.65 bits per heavy atom.